The lowest BCUT2D eigenvalue weighted by molar-refractivity contribution is -0.153. The first-order chi connectivity index (χ1) is 15.8. The molecule has 2 heterocycles. The number of ether oxygens (including phenoxy) is 3. The molecule has 1 aromatic heterocycles. The predicted octanol–water partition coefficient (Wildman–Crippen LogP) is 1.06. The molecule has 0 unspecified atom stereocenters. The van der Waals surface area contributed by atoms with E-state index in [0.717, 1.165) is 0 Å². The summed E-state index contributed by atoms with van der Waals surface area (Å²) in [6, 6.07) is 7.87. The van der Waals surface area contributed by atoms with E-state index in [0.29, 0.717) is 11.3 Å². The van der Waals surface area contributed by atoms with Crippen molar-refractivity contribution in [1.29, 1.82) is 0 Å². The Hall–Kier alpha value is -3.57. The number of aliphatic hydroxyl groups excluding tert-OH is 1. The molecule has 3 atom stereocenters. The molecule has 1 aliphatic heterocycles. The number of nitrogens with one attached hydrogen (secondary N) is 1. The van der Waals surface area contributed by atoms with Gasteiger partial charge in [0.25, 0.3) is 5.91 Å². The SMILES string of the molecule is COc1ccc(C(=O)Nc2ccn([C@H]3C[C@H](OC(=O)CCC(C)=O)[C@@H](CO)O3)c(=O)n2)cc1. The van der Waals surface area contributed by atoms with Crippen LogP contribution < -0.4 is 15.7 Å². The largest absolute Gasteiger partial charge is 0.497 e. The number of carbonyl (C=O) groups excluding carboxylic acids is 3. The second-order valence-electron chi connectivity index (χ2n) is 7.46. The number of carbonyl (C=O) groups is 3. The number of amides is 1. The Morgan fingerprint density at radius 2 is 1.94 bits per heavy atom. The van der Waals surface area contributed by atoms with Gasteiger partial charge >= 0.3 is 11.7 Å². The highest BCUT2D eigenvalue weighted by Crippen LogP contribution is 2.30. The molecule has 11 nitrogen and oxygen atoms in total. The number of methoxy groups -OCH3 is 1. The highest BCUT2D eigenvalue weighted by molar-refractivity contribution is 6.03. The van der Waals surface area contributed by atoms with Crippen LogP contribution in [0.25, 0.3) is 0 Å². The van der Waals surface area contributed by atoms with E-state index < -0.39 is 42.6 Å². The lowest BCUT2D eigenvalue weighted by Gasteiger charge is -2.16. The molecule has 1 aromatic carbocycles. The van der Waals surface area contributed by atoms with Gasteiger partial charge in [-0.05, 0) is 37.3 Å². The van der Waals surface area contributed by atoms with Crippen LogP contribution in [0, 0.1) is 0 Å². The number of hydrogen-bond acceptors (Lipinski definition) is 9. The number of ketones is 1. The van der Waals surface area contributed by atoms with Gasteiger partial charge in [-0.2, -0.15) is 4.98 Å². The van der Waals surface area contributed by atoms with Gasteiger partial charge in [-0.3, -0.25) is 14.2 Å². The van der Waals surface area contributed by atoms with Gasteiger partial charge in [0.2, 0.25) is 0 Å². The quantitative estimate of drug-likeness (QED) is 0.526. The van der Waals surface area contributed by atoms with Gasteiger partial charge in [0.1, 0.15) is 35.8 Å². The second-order valence-corrected chi connectivity index (χ2v) is 7.46. The van der Waals surface area contributed by atoms with E-state index in [-0.39, 0.29) is 30.9 Å². The van der Waals surface area contributed by atoms with E-state index in [2.05, 4.69) is 10.3 Å². The molecule has 1 aliphatic rings. The van der Waals surface area contributed by atoms with E-state index in [4.69, 9.17) is 14.2 Å². The predicted molar refractivity (Wildman–Crippen MR) is 115 cm³/mol. The van der Waals surface area contributed by atoms with Crippen molar-refractivity contribution in [2.24, 2.45) is 0 Å². The summed E-state index contributed by atoms with van der Waals surface area (Å²) in [6.07, 6.45) is -0.905. The van der Waals surface area contributed by atoms with Crippen molar-refractivity contribution in [3.05, 3.63) is 52.6 Å². The minimum absolute atomic E-state index is 0.0565. The van der Waals surface area contributed by atoms with Gasteiger partial charge in [-0.25, -0.2) is 4.79 Å². The van der Waals surface area contributed by atoms with Gasteiger partial charge in [-0.15, -0.1) is 0 Å². The summed E-state index contributed by atoms with van der Waals surface area (Å²) in [5.41, 5.74) is -0.325. The number of hydrogen-bond donors (Lipinski definition) is 2. The molecule has 1 amide bonds. The van der Waals surface area contributed by atoms with Crippen LogP contribution in [0.4, 0.5) is 5.82 Å². The monoisotopic (exact) mass is 459 g/mol. The molecule has 2 N–H and O–H groups in total. The van der Waals surface area contributed by atoms with Crippen LogP contribution in [0.3, 0.4) is 0 Å². The lowest BCUT2D eigenvalue weighted by Crippen LogP contribution is -2.30. The van der Waals surface area contributed by atoms with Crippen molar-refractivity contribution in [1.82, 2.24) is 9.55 Å². The molecule has 1 fully saturated rings. The Balaban J connectivity index is 1.65. The normalized spacial score (nSPS) is 19.7. The van der Waals surface area contributed by atoms with Crippen LogP contribution in [0.5, 0.6) is 5.75 Å². The lowest BCUT2D eigenvalue weighted by atomic mass is 10.2. The third-order valence-corrected chi connectivity index (χ3v) is 5.06. The second kappa shape index (κ2) is 10.8. The molecule has 0 radical (unpaired) electrons. The fourth-order valence-electron chi connectivity index (χ4n) is 3.30. The molecule has 11 heteroatoms. The number of rotatable bonds is 9. The number of aromatic nitrogens is 2. The fraction of sp³-hybridized carbons (Fsp3) is 0.409. The zero-order valence-corrected chi connectivity index (χ0v) is 18.2. The standard InChI is InChI=1S/C22H25N3O8/c1-13(27)3-8-20(28)33-16-11-19(32-17(16)12-26)25-10-9-18(24-22(25)30)23-21(29)14-4-6-15(31-2)7-5-14/h4-7,9-10,16-17,19,26H,3,8,11-12H2,1-2H3,(H,23,24,29,30)/t16-,17+,19+/m0/s1. The third kappa shape index (κ3) is 6.24. The van der Waals surface area contributed by atoms with Crippen molar-refractivity contribution >= 4 is 23.5 Å². The molecule has 0 aliphatic carbocycles. The Kier molecular flexibility index (Phi) is 7.91. The van der Waals surface area contributed by atoms with Crippen molar-refractivity contribution < 1.29 is 33.7 Å². The Bertz CT molecular complexity index is 1070. The summed E-state index contributed by atoms with van der Waals surface area (Å²) in [4.78, 5) is 51.7. The molecule has 176 valence electrons. The van der Waals surface area contributed by atoms with Crippen LogP contribution in [-0.4, -0.2) is 58.2 Å². The van der Waals surface area contributed by atoms with Crippen LogP contribution in [0.15, 0.2) is 41.3 Å². The molecular weight excluding hydrogens is 434 g/mol. The smallest absolute Gasteiger partial charge is 0.351 e. The maximum atomic E-state index is 12.5. The zero-order chi connectivity index (χ0) is 24.0. The van der Waals surface area contributed by atoms with Crippen molar-refractivity contribution in [2.75, 3.05) is 19.0 Å². The Morgan fingerprint density at radius 3 is 2.55 bits per heavy atom. The fourth-order valence-corrected chi connectivity index (χ4v) is 3.30. The van der Waals surface area contributed by atoms with E-state index in [1.807, 2.05) is 0 Å². The van der Waals surface area contributed by atoms with E-state index >= 15 is 0 Å². The topological polar surface area (TPSA) is 146 Å². The summed E-state index contributed by atoms with van der Waals surface area (Å²) in [7, 11) is 1.52. The summed E-state index contributed by atoms with van der Waals surface area (Å²) in [6.45, 7) is 0.959. The molecule has 2 aromatic rings. The number of Topliss-reactive ketones (excluding diaryl/α,β-unsaturated/α-hetero) is 1. The number of anilines is 1. The molecule has 0 spiro atoms. The number of benzene rings is 1. The highest BCUT2D eigenvalue weighted by Gasteiger charge is 2.39. The zero-order valence-electron chi connectivity index (χ0n) is 18.2. The van der Waals surface area contributed by atoms with Crippen molar-refractivity contribution in [3.63, 3.8) is 0 Å². The molecule has 3 rings (SSSR count). The third-order valence-electron chi connectivity index (χ3n) is 5.06. The van der Waals surface area contributed by atoms with E-state index in [1.54, 1.807) is 24.3 Å². The summed E-state index contributed by atoms with van der Waals surface area (Å²) >= 11 is 0. The van der Waals surface area contributed by atoms with Crippen LogP contribution in [0.2, 0.25) is 0 Å². The first-order valence-corrected chi connectivity index (χ1v) is 10.3. The van der Waals surface area contributed by atoms with Crippen molar-refractivity contribution in [3.8, 4) is 5.75 Å². The minimum Gasteiger partial charge on any atom is -0.497 e. The summed E-state index contributed by atoms with van der Waals surface area (Å²) < 4.78 is 17.2. The van der Waals surface area contributed by atoms with Gasteiger partial charge < -0.3 is 29.4 Å². The van der Waals surface area contributed by atoms with Crippen LogP contribution >= 0.6 is 0 Å². The van der Waals surface area contributed by atoms with Gasteiger partial charge in [-0.1, -0.05) is 0 Å². The average Bonchev–Trinajstić information content (AvgIpc) is 3.20. The first-order valence-electron chi connectivity index (χ1n) is 10.3. The molecular formula is C22H25N3O8. The Morgan fingerprint density at radius 1 is 1.21 bits per heavy atom. The molecule has 1 saturated heterocycles. The van der Waals surface area contributed by atoms with Gasteiger partial charge in [0.05, 0.1) is 20.1 Å². The number of nitrogens with zero attached hydrogens (tertiary/aromatic N) is 2. The van der Waals surface area contributed by atoms with E-state index in [1.165, 1.54) is 30.9 Å². The average molecular weight is 459 g/mol. The number of esters is 1. The molecule has 33 heavy (non-hydrogen) atoms. The van der Waals surface area contributed by atoms with Crippen molar-refractivity contribution in [2.45, 2.75) is 44.6 Å². The maximum Gasteiger partial charge on any atom is 0.351 e. The molecule has 0 saturated carbocycles. The summed E-state index contributed by atoms with van der Waals surface area (Å²) in [5.74, 6) is -0.505. The summed E-state index contributed by atoms with van der Waals surface area (Å²) in [5, 5.41) is 12.1. The first kappa shape index (κ1) is 24.1. The molecule has 0 bridgehead atoms. The van der Waals surface area contributed by atoms with Crippen LogP contribution in [0.1, 0.15) is 42.8 Å². The Labute approximate surface area is 189 Å². The minimum atomic E-state index is -0.822. The number of aliphatic hydroxyl groups is 1. The van der Waals surface area contributed by atoms with Gasteiger partial charge in [0, 0.05) is 24.6 Å². The highest BCUT2D eigenvalue weighted by atomic mass is 16.6. The van der Waals surface area contributed by atoms with Gasteiger partial charge in [0.15, 0.2) is 0 Å². The van der Waals surface area contributed by atoms with E-state index in [9.17, 15) is 24.3 Å². The maximum absolute atomic E-state index is 12.5. The van der Waals surface area contributed by atoms with Crippen LogP contribution in [-0.2, 0) is 19.1 Å².